The summed E-state index contributed by atoms with van der Waals surface area (Å²) in [5.74, 6) is 2.48. The number of rotatable bonds is 14. The number of hydrogen-bond donors (Lipinski definition) is 2. The Morgan fingerprint density at radius 2 is 0.936 bits per heavy atom. The standard InChI is InChI=1S/C36H40O6.C4H8O/c1-35(2,25-5-13-29(37)14-6-25)26-7-15-31(16-8-26)39-21-30(38)22-40-32-17-9-27(10-18-32)36(3,4)28-11-19-33(20-12-28)41-23-34-24-42-34;1-2-4-3-5-4/h5-20,30,34,37-38H,21-24H2,1-4H3;4H,2-3H2,1H3. The second-order valence-electron chi connectivity index (χ2n) is 13.3. The van der Waals surface area contributed by atoms with Gasteiger partial charge in [-0.2, -0.15) is 0 Å². The highest BCUT2D eigenvalue weighted by molar-refractivity contribution is 5.43. The number of ether oxygens (including phenoxy) is 5. The van der Waals surface area contributed by atoms with Gasteiger partial charge in [-0.15, -0.1) is 0 Å². The van der Waals surface area contributed by atoms with Gasteiger partial charge in [0.2, 0.25) is 0 Å². The lowest BCUT2D eigenvalue weighted by Crippen LogP contribution is -2.25. The number of aliphatic hydroxyl groups is 1. The first-order valence-corrected chi connectivity index (χ1v) is 16.5. The highest BCUT2D eigenvalue weighted by Crippen LogP contribution is 2.35. The predicted molar refractivity (Wildman–Crippen MR) is 184 cm³/mol. The summed E-state index contributed by atoms with van der Waals surface area (Å²) in [6.07, 6.45) is 1.29. The molecule has 7 heteroatoms. The molecule has 0 spiro atoms. The van der Waals surface area contributed by atoms with Crippen LogP contribution in [-0.2, 0) is 20.3 Å². The maximum absolute atomic E-state index is 10.5. The Morgan fingerprint density at radius 1 is 0.596 bits per heavy atom. The van der Waals surface area contributed by atoms with Crippen LogP contribution in [0.3, 0.4) is 0 Å². The van der Waals surface area contributed by atoms with E-state index in [2.05, 4.69) is 58.9 Å². The minimum absolute atomic E-state index is 0.124. The molecule has 2 heterocycles. The van der Waals surface area contributed by atoms with Crippen molar-refractivity contribution in [2.45, 2.75) is 70.2 Å². The van der Waals surface area contributed by atoms with E-state index in [-0.39, 0.29) is 35.9 Å². The Bertz CT molecular complexity index is 1520. The number of aromatic hydroxyl groups is 1. The van der Waals surface area contributed by atoms with Gasteiger partial charge in [0, 0.05) is 10.8 Å². The highest BCUT2D eigenvalue weighted by Gasteiger charge is 2.26. The van der Waals surface area contributed by atoms with Crippen molar-refractivity contribution in [3.8, 4) is 23.0 Å². The summed E-state index contributed by atoms with van der Waals surface area (Å²) in [7, 11) is 0. The van der Waals surface area contributed by atoms with Gasteiger partial charge < -0.3 is 33.9 Å². The predicted octanol–water partition coefficient (Wildman–Crippen LogP) is 7.44. The van der Waals surface area contributed by atoms with Crippen LogP contribution in [0.1, 0.15) is 63.3 Å². The molecule has 0 amide bonds. The monoisotopic (exact) mass is 640 g/mol. The summed E-state index contributed by atoms with van der Waals surface area (Å²) in [5, 5.41) is 20.1. The summed E-state index contributed by atoms with van der Waals surface area (Å²) in [4.78, 5) is 0. The van der Waals surface area contributed by atoms with Crippen LogP contribution in [0.15, 0.2) is 97.1 Å². The number of aliphatic hydroxyl groups excluding tert-OH is 1. The lowest BCUT2D eigenvalue weighted by Gasteiger charge is -2.26. The summed E-state index contributed by atoms with van der Waals surface area (Å²) in [5.41, 5.74) is 4.17. The second-order valence-corrected chi connectivity index (χ2v) is 13.3. The average Bonchev–Trinajstić information content (AvgIpc) is 4.02. The Labute approximate surface area is 279 Å². The van der Waals surface area contributed by atoms with Crippen LogP contribution >= 0.6 is 0 Å². The van der Waals surface area contributed by atoms with Crippen molar-refractivity contribution in [2.24, 2.45) is 0 Å². The summed E-state index contributed by atoms with van der Waals surface area (Å²) in [6, 6.07) is 31.4. The first-order chi connectivity index (χ1) is 22.5. The topological polar surface area (TPSA) is 93.2 Å². The Balaban J connectivity index is 0.000000792. The maximum atomic E-state index is 10.5. The van der Waals surface area contributed by atoms with E-state index in [1.54, 1.807) is 12.1 Å². The molecule has 0 saturated carbocycles. The molecule has 4 aromatic carbocycles. The van der Waals surface area contributed by atoms with Crippen molar-refractivity contribution in [3.05, 3.63) is 119 Å². The minimum Gasteiger partial charge on any atom is -0.508 e. The number of hydrogen-bond acceptors (Lipinski definition) is 7. The minimum atomic E-state index is -0.776. The molecule has 4 aromatic rings. The SMILES string of the molecule is CC(C)(c1ccc(O)cc1)c1ccc(OCC(O)COc2ccc(C(C)(C)c3ccc(OCC4CO4)cc3)cc2)cc1.CCC1CO1. The van der Waals surface area contributed by atoms with Gasteiger partial charge in [0.1, 0.15) is 55.0 Å². The zero-order valence-corrected chi connectivity index (χ0v) is 28.1. The molecule has 2 fully saturated rings. The van der Waals surface area contributed by atoms with Crippen LogP contribution < -0.4 is 14.2 Å². The van der Waals surface area contributed by atoms with Crippen LogP contribution in [0.4, 0.5) is 0 Å². The third-order valence-electron chi connectivity index (χ3n) is 8.90. The Hall–Kier alpha value is -4.04. The lowest BCUT2D eigenvalue weighted by molar-refractivity contribution is 0.0626. The lowest BCUT2D eigenvalue weighted by atomic mass is 9.78. The van der Waals surface area contributed by atoms with Crippen LogP contribution in [0.2, 0.25) is 0 Å². The van der Waals surface area contributed by atoms with Crippen molar-refractivity contribution in [1.82, 2.24) is 0 Å². The molecule has 6 rings (SSSR count). The molecule has 0 aliphatic carbocycles. The molecule has 2 saturated heterocycles. The van der Waals surface area contributed by atoms with E-state index in [1.165, 1.54) is 12.0 Å². The zero-order valence-electron chi connectivity index (χ0n) is 28.1. The van der Waals surface area contributed by atoms with E-state index in [1.807, 2.05) is 60.7 Å². The van der Waals surface area contributed by atoms with Crippen LogP contribution in [0.25, 0.3) is 0 Å². The van der Waals surface area contributed by atoms with E-state index in [0.29, 0.717) is 24.2 Å². The quantitative estimate of drug-likeness (QED) is 0.138. The highest BCUT2D eigenvalue weighted by atomic mass is 16.6. The number of benzene rings is 4. The molecule has 0 bridgehead atoms. The van der Waals surface area contributed by atoms with Crippen molar-refractivity contribution in [3.63, 3.8) is 0 Å². The van der Waals surface area contributed by atoms with Crippen LogP contribution in [-0.4, -0.2) is 61.6 Å². The molecular formula is C40H48O7. The van der Waals surface area contributed by atoms with Crippen molar-refractivity contribution >= 4 is 0 Å². The molecule has 2 N–H and O–H groups in total. The fourth-order valence-corrected chi connectivity index (χ4v) is 5.21. The molecule has 2 aliphatic heterocycles. The molecule has 250 valence electrons. The van der Waals surface area contributed by atoms with Gasteiger partial charge in [0.25, 0.3) is 0 Å². The van der Waals surface area contributed by atoms with Crippen LogP contribution in [0, 0.1) is 0 Å². The summed E-state index contributed by atoms with van der Waals surface area (Å²) in [6.45, 7) is 13.5. The van der Waals surface area contributed by atoms with Crippen molar-refractivity contribution in [2.75, 3.05) is 33.0 Å². The first-order valence-electron chi connectivity index (χ1n) is 16.5. The number of phenols is 1. The summed E-state index contributed by atoms with van der Waals surface area (Å²) >= 11 is 0. The van der Waals surface area contributed by atoms with E-state index < -0.39 is 6.10 Å². The zero-order chi connectivity index (χ0) is 33.4. The van der Waals surface area contributed by atoms with E-state index in [0.717, 1.165) is 35.7 Å². The maximum Gasteiger partial charge on any atom is 0.122 e. The summed E-state index contributed by atoms with van der Waals surface area (Å²) < 4.78 is 27.5. The molecule has 7 nitrogen and oxygen atoms in total. The van der Waals surface area contributed by atoms with E-state index in [4.69, 9.17) is 23.7 Å². The van der Waals surface area contributed by atoms with Gasteiger partial charge in [0.05, 0.1) is 19.3 Å². The normalized spacial score (nSPS) is 17.6. The molecular weight excluding hydrogens is 592 g/mol. The van der Waals surface area contributed by atoms with Crippen molar-refractivity contribution < 1.29 is 33.9 Å². The third kappa shape index (κ3) is 9.74. The smallest absolute Gasteiger partial charge is 0.122 e. The number of phenolic OH excluding ortho intramolecular Hbond substituents is 1. The molecule has 0 radical (unpaired) electrons. The Kier molecular flexibility index (Phi) is 11.1. The fraction of sp³-hybridized carbons (Fsp3) is 0.400. The largest absolute Gasteiger partial charge is 0.508 e. The number of epoxide rings is 2. The van der Waals surface area contributed by atoms with Gasteiger partial charge in [-0.3, -0.25) is 0 Å². The molecule has 47 heavy (non-hydrogen) atoms. The molecule has 2 aliphatic rings. The van der Waals surface area contributed by atoms with Gasteiger partial charge in [-0.05, 0) is 77.2 Å². The molecule has 3 atom stereocenters. The Morgan fingerprint density at radius 3 is 1.26 bits per heavy atom. The fourth-order valence-electron chi connectivity index (χ4n) is 5.21. The van der Waals surface area contributed by atoms with Gasteiger partial charge in [-0.25, -0.2) is 0 Å². The first kappa shape index (κ1) is 34.3. The van der Waals surface area contributed by atoms with E-state index >= 15 is 0 Å². The van der Waals surface area contributed by atoms with Gasteiger partial charge >= 0.3 is 0 Å². The second kappa shape index (κ2) is 15.2. The molecule has 0 aromatic heterocycles. The average molecular weight is 641 g/mol. The van der Waals surface area contributed by atoms with E-state index in [9.17, 15) is 10.2 Å². The van der Waals surface area contributed by atoms with Crippen LogP contribution in [0.5, 0.6) is 23.0 Å². The van der Waals surface area contributed by atoms with Gasteiger partial charge in [-0.1, -0.05) is 83.1 Å². The van der Waals surface area contributed by atoms with Crippen molar-refractivity contribution in [1.29, 1.82) is 0 Å². The third-order valence-corrected chi connectivity index (χ3v) is 8.90. The van der Waals surface area contributed by atoms with Gasteiger partial charge in [0.15, 0.2) is 0 Å². The molecule has 3 unspecified atom stereocenters.